The number of nitrogens with one attached hydrogen (secondary N) is 1. The van der Waals surface area contributed by atoms with Crippen LogP contribution in [0.4, 0.5) is 5.82 Å². The van der Waals surface area contributed by atoms with Gasteiger partial charge in [0.25, 0.3) is 0 Å². The summed E-state index contributed by atoms with van der Waals surface area (Å²) in [4.78, 5) is 12.0. The second kappa shape index (κ2) is 6.35. The van der Waals surface area contributed by atoms with Gasteiger partial charge in [0.2, 0.25) is 0 Å². The lowest BCUT2D eigenvalue weighted by atomic mass is 10.1. The number of hydrogen-bond acceptors (Lipinski definition) is 4. The molecular weight excluding hydrogens is 266 g/mol. The fraction of sp³-hybridized carbons (Fsp3) is 0.500. The maximum Gasteiger partial charge on any atom is 0.134 e. The van der Waals surface area contributed by atoms with Crippen molar-refractivity contribution in [3.05, 3.63) is 28.4 Å². The van der Waals surface area contributed by atoms with Gasteiger partial charge in [-0.3, -0.25) is 0 Å². The van der Waals surface area contributed by atoms with Crippen LogP contribution >= 0.6 is 11.3 Å². The fourth-order valence-electron chi connectivity index (χ4n) is 2.01. The van der Waals surface area contributed by atoms with Crippen LogP contribution in [0.15, 0.2) is 12.1 Å². The molecule has 108 valence electrons. The van der Waals surface area contributed by atoms with E-state index in [9.17, 15) is 0 Å². The number of rotatable bonds is 5. The summed E-state index contributed by atoms with van der Waals surface area (Å²) in [6, 6.07) is 4.30. The zero-order chi connectivity index (χ0) is 14.7. The third-order valence-electron chi connectivity index (χ3n) is 3.20. The van der Waals surface area contributed by atoms with Crippen LogP contribution in [0.2, 0.25) is 0 Å². The Balaban J connectivity index is 2.51. The molecule has 2 rings (SSSR count). The molecule has 0 spiro atoms. The van der Waals surface area contributed by atoms with Crippen LogP contribution in [0.25, 0.3) is 10.6 Å². The summed E-state index contributed by atoms with van der Waals surface area (Å²) in [5.74, 6) is 2.22. The number of hydrogen-bond donors (Lipinski definition) is 1. The van der Waals surface area contributed by atoms with Gasteiger partial charge in [-0.05, 0) is 32.4 Å². The summed E-state index contributed by atoms with van der Waals surface area (Å²) < 4.78 is 0. The first kappa shape index (κ1) is 15.0. The second-order valence-electron chi connectivity index (χ2n) is 5.40. The van der Waals surface area contributed by atoms with E-state index in [0.717, 1.165) is 35.9 Å². The molecule has 2 heterocycles. The van der Waals surface area contributed by atoms with Gasteiger partial charge < -0.3 is 5.32 Å². The molecular formula is C16H23N3S. The maximum absolute atomic E-state index is 4.78. The number of anilines is 1. The number of thiophene rings is 1. The monoisotopic (exact) mass is 289 g/mol. The quantitative estimate of drug-likeness (QED) is 0.861. The molecule has 0 saturated heterocycles. The molecule has 0 radical (unpaired) electrons. The first-order valence-electron chi connectivity index (χ1n) is 7.22. The highest BCUT2D eigenvalue weighted by atomic mass is 32.1. The Bertz CT molecular complexity index is 587. The Labute approximate surface area is 125 Å². The first-order chi connectivity index (χ1) is 9.52. The fourth-order valence-corrected chi connectivity index (χ4v) is 2.92. The van der Waals surface area contributed by atoms with Crippen LogP contribution in [0.1, 0.15) is 49.4 Å². The van der Waals surface area contributed by atoms with E-state index in [2.05, 4.69) is 57.1 Å². The van der Waals surface area contributed by atoms with Gasteiger partial charge in [-0.2, -0.15) is 0 Å². The van der Waals surface area contributed by atoms with Crippen molar-refractivity contribution < 1.29 is 0 Å². The smallest absolute Gasteiger partial charge is 0.134 e. The molecule has 0 aliphatic heterocycles. The average Bonchev–Trinajstić information content (AvgIpc) is 2.83. The minimum Gasteiger partial charge on any atom is -0.370 e. The SMILES string of the molecule is CCCNc1nc(C(C)C)nc(-c2ccc(C)s2)c1C. The van der Waals surface area contributed by atoms with E-state index in [1.54, 1.807) is 11.3 Å². The molecule has 0 bridgehead atoms. The topological polar surface area (TPSA) is 37.8 Å². The second-order valence-corrected chi connectivity index (χ2v) is 6.68. The molecule has 20 heavy (non-hydrogen) atoms. The molecule has 2 aromatic rings. The van der Waals surface area contributed by atoms with Crippen LogP contribution in [0.5, 0.6) is 0 Å². The van der Waals surface area contributed by atoms with Gasteiger partial charge in [0.1, 0.15) is 11.6 Å². The predicted molar refractivity (Wildman–Crippen MR) is 87.7 cm³/mol. The zero-order valence-electron chi connectivity index (χ0n) is 12.9. The molecule has 1 N–H and O–H groups in total. The van der Waals surface area contributed by atoms with Gasteiger partial charge in [-0.25, -0.2) is 9.97 Å². The molecule has 2 aromatic heterocycles. The Morgan fingerprint density at radius 1 is 1.20 bits per heavy atom. The van der Waals surface area contributed by atoms with Crippen LogP contribution in [-0.2, 0) is 0 Å². The van der Waals surface area contributed by atoms with Crippen molar-refractivity contribution >= 4 is 17.2 Å². The van der Waals surface area contributed by atoms with Crippen molar-refractivity contribution in [2.75, 3.05) is 11.9 Å². The van der Waals surface area contributed by atoms with E-state index < -0.39 is 0 Å². The molecule has 0 fully saturated rings. The summed E-state index contributed by atoms with van der Waals surface area (Å²) >= 11 is 1.79. The Kier molecular flexibility index (Phi) is 4.76. The van der Waals surface area contributed by atoms with Crippen molar-refractivity contribution in [3.63, 3.8) is 0 Å². The third-order valence-corrected chi connectivity index (χ3v) is 4.20. The van der Waals surface area contributed by atoms with Crippen LogP contribution in [0, 0.1) is 13.8 Å². The molecule has 0 aliphatic rings. The summed E-state index contributed by atoms with van der Waals surface area (Å²) in [7, 11) is 0. The van der Waals surface area contributed by atoms with Crippen LogP contribution in [0.3, 0.4) is 0 Å². The number of aryl methyl sites for hydroxylation is 1. The molecule has 0 amide bonds. The van der Waals surface area contributed by atoms with Gasteiger partial charge in [-0.1, -0.05) is 20.8 Å². The highest BCUT2D eigenvalue weighted by molar-refractivity contribution is 7.15. The van der Waals surface area contributed by atoms with E-state index in [0.29, 0.717) is 5.92 Å². The van der Waals surface area contributed by atoms with E-state index in [-0.39, 0.29) is 0 Å². The zero-order valence-corrected chi connectivity index (χ0v) is 13.8. The Morgan fingerprint density at radius 3 is 2.50 bits per heavy atom. The lowest BCUT2D eigenvalue weighted by molar-refractivity contribution is 0.773. The summed E-state index contributed by atoms with van der Waals surface area (Å²) in [5.41, 5.74) is 2.21. The summed E-state index contributed by atoms with van der Waals surface area (Å²) in [6.07, 6.45) is 1.09. The Morgan fingerprint density at radius 2 is 1.95 bits per heavy atom. The van der Waals surface area contributed by atoms with Crippen molar-refractivity contribution in [1.82, 2.24) is 9.97 Å². The average molecular weight is 289 g/mol. The molecule has 0 unspecified atom stereocenters. The van der Waals surface area contributed by atoms with Crippen molar-refractivity contribution in [1.29, 1.82) is 0 Å². The van der Waals surface area contributed by atoms with Gasteiger partial charge >= 0.3 is 0 Å². The Hall–Kier alpha value is -1.42. The van der Waals surface area contributed by atoms with Crippen molar-refractivity contribution in [2.24, 2.45) is 0 Å². The molecule has 0 atom stereocenters. The molecule has 3 nitrogen and oxygen atoms in total. The van der Waals surface area contributed by atoms with Gasteiger partial charge in [0, 0.05) is 22.9 Å². The highest BCUT2D eigenvalue weighted by Crippen LogP contribution is 2.32. The standard InChI is InChI=1S/C16H23N3S/c1-6-9-17-16-12(5)14(13-8-7-11(4)20-13)18-15(19-16)10(2)3/h7-8,10H,6,9H2,1-5H3,(H,17,18,19). The van der Waals surface area contributed by atoms with Gasteiger partial charge in [-0.15, -0.1) is 11.3 Å². The number of aromatic nitrogens is 2. The highest BCUT2D eigenvalue weighted by Gasteiger charge is 2.15. The minimum atomic E-state index is 0.331. The third kappa shape index (κ3) is 3.18. The molecule has 0 aliphatic carbocycles. The van der Waals surface area contributed by atoms with E-state index in [4.69, 9.17) is 4.98 Å². The maximum atomic E-state index is 4.78. The largest absolute Gasteiger partial charge is 0.370 e. The lowest BCUT2D eigenvalue weighted by Gasteiger charge is -2.14. The molecule has 4 heteroatoms. The van der Waals surface area contributed by atoms with Gasteiger partial charge in [0.15, 0.2) is 0 Å². The first-order valence-corrected chi connectivity index (χ1v) is 8.03. The summed E-state index contributed by atoms with van der Waals surface area (Å²) in [6.45, 7) is 11.6. The van der Waals surface area contributed by atoms with Crippen LogP contribution in [-0.4, -0.2) is 16.5 Å². The minimum absolute atomic E-state index is 0.331. The van der Waals surface area contributed by atoms with Crippen molar-refractivity contribution in [3.8, 4) is 10.6 Å². The molecule has 0 saturated carbocycles. The summed E-state index contributed by atoms with van der Waals surface area (Å²) in [5, 5.41) is 3.43. The lowest BCUT2D eigenvalue weighted by Crippen LogP contribution is -2.09. The number of nitrogens with zero attached hydrogens (tertiary/aromatic N) is 2. The molecule has 0 aromatic carbocycles. The van der Waals surface area contributed by atoms with Gasteiger partial charge in [0.05, 0.1) is 10.6 Å². The normalized spacial score (nSPS) is 11.1. The van der Waals surface area contributed by atoms with E-state index in [1.165, 1.54) is 9.75 Å². The van der Waals surface area contributed by atoms with Crippen LogP contribution < -0.4 is 5.32 Å². The predicted octanol–water partition coefficient (Wildman–Crippen LogP) is 4.77. The van der Waals surface area contributed by atoms with E-state index >= 15 is 0 Å². The van der Waals surface area contributed by atoms with E-state index in [1.807, 2.05) is 0 Å². The van der Waals surface area contributed by atoms with Crippen molar-refractivity contribution in [2.45, 2.75) is 47.0 Å².